The summed E-state index contributed by atoms with van der Waals surface area (Å²) in [5.74, 6) is 0. The van der Waals surface area contributed by atoms with Crippen molar-refractivity contribution >= 4 is 45.6 Å². The van der Waals surface area contributed by atoms with Crippen LogP contribution < -0.4 is 10.6 Å². The Labute approximate surface area is 249 Å². The van der Waals surface area contributed by atoms with Gasteiger partial charge in [-0.1, -0.05) is 60.7 Å². The highest BCUT2D eigenvalue weighted by Crippen LogP contribution is 2.34. The molecule has 5 aromatic rings. The number of nitrogens with one attached hydrogen (secondary N) is 2. The molecule has 0 unspecified atom stereocenters. The van der Waals surface area contributed by atoms with E-state index in [0.717, 1.165) is 62.6 Å². The van der Waals surface area contributed by atoms with Crippen molar-refractivity contribution < 1.29 is 0 Å². The highest BCUT2D eigenvalue weighted by Gasteiger charge is 2.19. The molecule has 5 heteroatoms. The van der Waals surface area contributed by atoms with Crippen LogP contribution in [0.2, 0.25) is 0 Å². The van der Waals surface area contributed by atoms with Gasteiger partial charge in [-0.3, -0.25) is 9.97 Å². The number of pyridine rings is 2. The zero-order chi connectivity index (χ0) is 26.7. The summed E-state index contributed by atoms with van der Waals surface area (Å²) in [5, 5.41) is 10.1. The maximum absolute atomic E-state index is 4.98. The molecule has 0 bridgehead atoms. The number of halogens is 1. The van der Waals surface area contributed by atoms with Gasteiger partial charge in [-0.05, 0) is 98.6 Å². The number of aryl methyl sites for hydroxylation is 2. The first-order valence-corrected chi connectivity index (χ1v) is 15.2. The fraction of sp³-hybridized carbons (Fsp3) is 0.333. The number of hydrogen-bond acceptors (Lipinski definition) is 4. The van der Waals surface area contributed by atoms with Crippen LogP contribution in [0.15, 0.2) is 72.8 Å². The molecule has 41 heavy (non-hydrogen) atoms. The molecule has 0 aliphatic heterocycles. The van der Waals surface area contributed by atoms with Crippen molar-refractivity contribution in [3.63, 3.8) is 0 Å². The molecule has 0 saturated heterocycles. The Bertz CT molecular complexity index is 1540. The smallest absolute Gasteiger partial charge is 0.0726 e. The summed E-state index contributed by atoms with van der Waals surface area (Å²) in [6, 6.07) is 26.4. The second kappa shape index (κ2) is 12.5. The van der Waals surface area contributed by atoms with E-state index >= 15 is 0 Å². The van der Waals surface area contributed by atoms with E-state index in [9.17, 15) is 0 Å². The third-order valence-electron chi connectivity index (χ3n) is 8.79. The molecular weight excluding hydrogens is 524 g/mol. The highest BCUT2D eigenvalue weighted by molar-refractivity contribution is 5.94. The number of para-hydroxylation sites is 2. The van der Waals surface area contributed by atoms with Crippen LogP contribution in [0.5, 0.6) is 0 Å². The van der Waals surface area contributed by atoms with E-state index in [1.807, 2.05) is 0 Å². The van der Waals surface area contributed by atoms with E-state index < -0.39 is 0 Å². The van der Waals surface area contributed by atoms with E-state index in [4.69, 9.17) is 9.97 Å². The van der Waals surface area contributed by atoms with Gasteiger partial charge in [-0.2, -0.15) is 0 Å². The molecule has 2 aliphatic rings. The minimum absolute atomic E-state index is 0. The first-order chi connectivity index (χ1) is 19.8. The molecule has 2 N–H and O–H groups in total. The first-order valence-electron chi connectivity index (χ1n) is 15.2. The Kier molecular flexibility index (Phi) is 8.38. The van der Waals surface area contributed by atoms with Gasteiger partial charge >= 0.3 is 0 Å². The fourth-order valence-corrected chi connectivity index (χ4v) is 6.69. The number of benzene rings is 3. The summed E-state index contributed by atoms with van der Waals surface area (Å²) in [6.45, 7) is 1.86. The predicted molar refractivity (Wildman–Crippen MR) is 175 cm³/mol. The van der Waals surface area contributed by atoms with Crippen molar-refractivity contribution in [2.75, 3.05) is 23.7 Å². The zero-order valence-electron chi connectivity index (χ0n) is 23.7. The molecule has 2 aromatic heterocycles. The molecular formula is C36H39ClN4. The SMILES string of the molecule is Cl.c1ccc2c(NCCc3ccc(CCNc4c5c(nc6ccccc46)CCCC5)cc3)c3c(nc2c1)CCCC3. The molecule has 210 valence electrons. The van der Waals surface area contributed by atoms with Crippen molar-refractivity contribution in [2.24, 2.45) is 0 Å². The highest BCUT2D eigenvalue weighted by atomic mass is 35.5. The van der Waals surface area contributed by atoms with Gasteiger partial charge < -0.3 is 10.6 Å². The van der Waals surface area contributed by atoms with Crippen LogP contribution in [-0.4, -0.2) is 23.1 Å². The zero-order valence-corrected chi connectivity index (χ0v) is 24.5. The van der Waals surface area contributed by atoms with Gasteiger partial charge in [0.1, 0.15) is 0 Å². The van der Waals surface area contributed by atoms with Crippen LogP contribution in [0.4, 0.5) is 11.4 Å². The number of anilines is 2. The van der Waals surface area contributed by atoms with Gasteiger partial charge in [0.15, 0.2) is 0 Å². The Hall–Kier alpha value is -3.63. The summed E-state index contributed by atoms with van der Waals surface area (Å²) in [5.41, 5.74) is 13.1. The van der Waals surface area contributed by atoms with Crippen LogP contribution in [0.1, 0.15) is 59.3 Å². The van der Waals surface area contributed by atoms with Gasteiger partial charge in [0.2, 0.25) is 0 Å². The summed E-state index contributed by atoms with van der Waals surface area (Å²) >= 11 is 0. The lowest BCUT2D eigenvalue weighted by Gasteiger charge is -2.22. The number of hydrogen-bond donors (Lipinski definition) is 2. The number of fused-ring (bicyclic) bond motifs is 4. The largest absolute Gasteiger partial charge is 0.384 e. The second-order valence-electron chi connectivity index (χ2n) is 11.4. The van der Waals surface area contributed by atoms with Gasteiger partial charge in [0.25, 0.3) is 0 Å². The average molecular weight is 563 g/mol. The lowest BCUT2D eigenvalue weighted by Crippen LogP contribution is -2.13. The van der Waals surface area contributed by atoms with Gasteiger partial charge in [-0.15, -0.1) is 12.4 Å². The monoisotopic (exact) mass is 562 g/mol. The lowest BCUT2D eigenvalue weighted by molar-refractivity contribution is 0.672. The van der Waals surface area contributed by atoms with E-state index in [2.05, 4.69) is 83.4 Å². The molecule has 0 atom stereocenters. The van der Waals surface area contributed by atoms with Crippen molar-refractivity contribution in [3.05, 3.63) is 106 Å². The van der Waals surface area contributed by atoms with E-state index in [-0.39, 0.29) is 12.4 Å². The molecule has 2 aliphatic carbocycles. The summed E-state index contributed by atoms with van der Waals surface area (Å²) in [7, 11) is 0. The molecule has 3 aromatic carbocycles. The number of nitrogens with zero attached hydrogens (tertiary/aromatic N) is 2. The summed E-state index contributed by atoms with van der Waals surface area (Å²) in [6.07, 6.45) is 11.5. The topological polar surface area (TPSA) is 49.8 Å². The van der Waals surface area contributed by atoms with Gasteiger partial charge in [0, 0.05) is 46.6 Å². The third kappa shape index (κ3) is 5.76. The standard InChI is InChI=1S/C36H38N4.ClH/c1-5-13-31-27(9-1)35(28-10-2-6-14-32(28)39-31)37-23-21-25-17-19-26(20-18-25)22-24-38-36-29-11-3-7-15-33(29)40-34-16-8-4-12-30(34)36;/h1,3,5,7,9,11,13,15,17-20H,2,4,6,8,10,12,14,16,21-24H2,(H,37,39)(H,38,40);1H. The predicted octanol–water partition coefficient (Wildman–Crippen LogP) is 8.27. The molecule has 2 heterocycles. The Balaban J connectivity index is 0.00000302. The van der Waals surface area contributed by atoms with E-state index in [1.165, 1.54) is 81.5 Å². The van der Waals surface area contributed by atoms with Crippen molar-refractivity contribution in [3.8, 4) is 0 Å². The molecule has 0 spiro atoms. The van der Waals surface area contributed by atoms with Gasteiger partial charge in [-0.25, -0.2) is 0 Å². The normalized spacial score (nSPS) is 14.2. The van der Waals surface area contributed by atoms with Crippen LogP contribution in [0, 0.1) is 0 Å². The van der Waals surface area contributed by atoms with Gasteiger partial charge in [0.05, 0.1) is 11.0 Å². The molecule has 7 rings (SSSR count). The maximum atomic E-state index is 4.98. The minimum atomic E-state index is 0. The van der Waals surface area contributed by atoms with Crippen molar-refractivity contribution in [1.29, 1.82) is 0 Å². The molecule has 4 nitrogen and oxygen atoms in total. The van der Waals surface area contributed by atoms with Crippen LogP contribution in [-0.2, 0) is 38.5 Å². The molecule has 0 radical (unpaired) electrons. The Morgan fingerprint density at radius 2 is 0.927 bits per heavy atom. The van der Waals surface area contributed by atoms with E-state index in [1.54, 1.807) is 0 Å². The summed E-state index contributed by atoms with van der Waals surface area (Å²) < 4.78 is 0. The number of aromatic nitrogens is 2. The lowest BCUT2D eigenvalue weighted by atomic mass is 9.92. The van der Waals surface area contributed by atoms with E-state index in [0.29, 0.717) is 0 Å². The molecule has 0 fully saturated rings. The van der Waals surface area contributed by atoms with Crippen LogP contribution >= 0.6 is 12.4 Å². The average Bonchev–Trinajstić information content (AvgIpc) is 3.01. The van der Waals surface area contributed by atoms with Crippen molar-refractivity contribution in [2.45, 2.75) is 64.2 Å². The summed E-state index contributed by atoms with van der Waals surface area (Å²) in [4.78, 5) is 9.97. The Morgan fingerprint density at radius 1 is 0.512 bits per heavy atom. The first kappa shape index (κ1) is 27.5. The second-order valence-corrected chi connectivity index (χ2v) is 11.4. The molecule has 0 saturated carbocycles. The number of rotatable bonds is 8. The van der Waals surface area contributed by atoms with Crippen LogP contribution in [0.3, 0.4) is 0 Å². The minimum Gasteiger partial charge on any atom is -0.384 e. The molecule has 0 amide bonds. The maximum Gasteiger partial charge on any atom is 0.0726 e. The van der Waals surface area contributed by atoms with Crippen molar-refractivity contribution in [1.82, 2.24) is 9.97 Å². The Morgan fingerprint density at radius 3 is 1.39 bits per heavy atom. The quantitative estimate of drug-likeness (QED) is 0.200. The third-order valence-corrected chi connectivity index (χ3v) is 8.79. The fourth-order valence-electron chi connectivity index (χ4n) is 6.69. The van der Waals surface area contributed by atoms with Crippen LogP contribution in [0.25, 0.3) is 21.8 Å².